The Bertz CT molecular complexity index is 1040. The minimum Gasteiger partial charge on any atom is -0.467 e. The van der Waals surface area contributed by atoms with Gasteiger partial charge in [0.15, 0.2) is 0 Å². The molecule has 0 spiro atoms. The number of halogens is 2. The highest BCUT2D eigenvalue weighted by atomic mass is 32.2. The number of fused-ring (bicyclic) bond motifs is 1. The van der Waals surface area contributed by atoms with E-state index < -0.39 is 26.6 Å². The molecule has 0 saturated carbocycles. The van der Waals surface area contributed by atoms with Crippen LogP contribution in [0.25, 0.3) is 10.2 Å². The molecule has 0 amide bonds. The zero-order chi connectivity index (χ0) is 19.0. The number of sulfonamides is 1. The van der Waals surface area contributed by atoms with Crippen LogP contribution in [-0.2, 0) is 10.0 Å². The molecular formula is C18H16F2N2O3S2. The fraction of sp³-hybridized carbons (Fsp3) is 0.278. The Hall–Kier alpha value is -2.10. The maximum absolute atomic E-state index is 13.9. The summed E-state index contributed by atoms with van der Waals surface area (Å²) in [7, 11) is -4.08. The van der Waals surface area contributed by atoms with E-state index in [4.69, 9.17) is 4.74 Å². The number of nitrogens with zero attached hydrogens (tertiary/aromatic N) is 2. The Kier molecular flexibility index (Phi) is 4.83. The standard InChI is InChI=1S/C18H16F2N2O3S2/c19-12-5-6-14(20)17(11-12)27(23,24)22-9-7-13(8-10-22)25-18-21-15-3-1-2-4-16(15)26-18/h1-6,11,13H,7-10H2. The monoisotopic (exact) mass is 410 g/mol. The number of para-hydroxylation sites is 1. The summed E-state index contributed by atoms with van der Waals surface area (Å²) in [6.45, 7) is 0.349. The van der Waals surface area contributed by atoms with Gasteiger partial charge in [0, 0.05) is 13.1 Å². The van der Waals surface area contributed by atoms with E-state index in [1.807, 2.05) is 24.3 Å². The minimum atomic E-state index is -4.08. The Labute approximate surface area is 159 Å². The normalized spacial score (nSPS) is 16.7. The predicted molar refractivity (Wildman–Crippen MR) is 98.4 cm³/mol. The molecule has 0 unspecified atom stereocenters. The van der Waals surface area contributed by atoms with E-state index in [2.05, 4.69) is 4.98 Å². The molecule has 1 aromatic heterocycles. The quantitative estimate of drug-likeness (QED) is 0.656. The number of thiazole rings is 1. The van der Waals surface area contributed by atoms with Gasteiger partial charge in [-0.05, 0) is 43.2 Å². The molecule has 0 N–H and O–H groups in total. The van der Waals surface area contributed by atoms with Crippen molar-refractivity contribution in [3.8, 4) is 5.19 Å². The summed E-state index contributed by atoms with van der Waals surface area (Å²) in [4.78, 5) is 3.79. The molecule has 142 valence electrons. The number of aromatic nitrogens is 1. The third-order valence-corrected chi connectivity index (χ3v) is 7.29. The molecule has 1 fully saturated rings. The van der Waals surface area contributed by atoms with Gasteiger partial charge in [-0.15, -0.1) is 0 Å². The van der Waals surface area contributed by atoms with Gasteiger partial charge in [-0.2, -0.15) is 4.31 Å². The van der Waals surface area contributed by atoms with Crippen LogP contribution in [-0.4, -0.2) is 36.9 Å². The largest absolute Gasteiger partial charge is 0.467 e. The number of hydrogen-bond acceptors (Lipinski definition) is 5. The minimum absolute atomic E-state index is 0.172. The molecule has 2 aromatic carbocycles. The van der Waals surface area contributed by atoms with Gasteiger partial charge in [-0.1, -0.05) is 23.5 Å². The Morgan fingerprint density at radius 1 is 1.11 bits per heavy atom. The summed E-state index contributed by atoms with van der Waals surface area (Å²) in [5.74, 6) is -1.74. The molecule has 5 nitrogen and oxygen atoms in total. The van der Waals surface area contributed by atoms with E-state index in [0.717, 1.165) is 22.3 Å². The average Bonchev–Trinajstić information content (AvgIpc) is 3.06. The van der Waals surface area contributed by atoms with E-state index in [1.165, 1.54) is 15.6 Å². The van der Waals surface area contributed by atoms with Gasteiger partial charge in [0.05, 0.1) is 10.2 Å². The van der Waals surface area contributed by atoms with Crippen LogP contribution in [0, 0.1) is 11.6 Å². The summed E-state index contributed by atoms with van der Waals surface area (Å²) in [5.41, 5.74) is 0.860. The Balaban J connectivity index is 1.44. The van der Waals surface area contributed by atoms with Crippen LogP contribution in [0.2, 0.25) is 0 Å². The van der Waals surface area contributed by atoms with Crippen LogP contribution in [0.5, 0.6) is 5.19 Å². The zero-order valence-electron chi connectivity index (χ0n) is 14.1. The lowest BCUT2D eigenvalue weighted by Gasteiger charge is -2.30. The second-order valence-corrected chi connectivity index (χ2v) is 9.14. The summed E-state index contributed by atoms with van der Waals surface area (Å²) in [5, 5.41) is 0.550. The van der Waals surface area contributed by atoms with Gasteiger partial charge >= 0.3 is 0 Å². The second kappa shape index (κ2) is 7.14. The van der Waals surface area contributed by atoms with Gasteiger partial charge < -0.3 is 4.74 Å². The van der Waals surface area contributed by atoms with E-state index in [-0.39, 0.29) is 19.2 Å². The molecule has 27 heavy (non-hydrogen) atoms. The average molecular weight is 410 g/mol. The van der Waals surface area contributed by atoms with E-state index >= 15 is 0 Å². The summed E-state index contributed by atoms with van der Waals surface area (Å²) >= 11 is 1.44. The van der Waals surface area contributed by atoms with Crippen LogP contribution in [0.1, 0.15) is 12.8 Å². The molecule has 4 rings (SSSR count). The first-order chi connectivity index (χ1) is 12.9. The lowest BCUT2D eigenvalue weighted by Crippen LogP contribution is -2.42. The molecule has 9 heteroatoms. The van der Waals surface area contributed by atoms with Crippen molar-refractivity contribution >= 4 is 31.6 Å². The molecule has 3 aromatic rings. The SMILES string of the molecule is O=S(=O)(c1cc(F)ccc1F)N1CCC(Oc2nc3ccccc3s2)CC1. The summed E-state index contributed by atoms with van der Waals surface area (Å²) in [6.07, 6.45) is 0.729. The molecular weight excluding hydrogens is 394 g/mol. The first-order valence-corrected chi connectivity index (χ1v) is 10.7. The van der Waals surface area contributed by atoms with Crippen molar-refractivity contribution in [2.45, 2.75) is 23.8 Å². The lowest BCUT2D eigenvalue weighted by molar-refractivity contribution is 0.135. The van der Waals surface area contributed by atoms with Crippen LogP contribution < -0.4 is 4.74 Å². The highest BCUT2D eigenvalue weighted by Gasteiger charge is 2.32. The maximum Gasteiger partial charge on any atom is 0.274 e. The van der Waals surface area contributed by atoms with Crippen molar-refractivity contribution in [3.05, 3.63) is 54.1 Å². The number of piperidine rings is 1. The van der Waals surface area contributed by atoms with Crippen LogP contribution in [0.4, 0.5) is 8.78 Å². The zero-order valence-corrected chi connectivity index (χ0v) is 15.8. The number of hydrogen-bond donors (Lipinski definition) is 0. The van der Waals surface area contributed by atoms with Gasteiger partial charge in [0.2, 0.25) is 10.0 Å². The van der Waals surface area contributed by atoms with Gasteiger partial charge in [-0.3, -0.25) is 0 Å². The lowest BCUT2D eigenvalue weighted by atomic mass is 10.1. The van der Waals surface area contributed by atoms with Crippen molar-refractivity contribution in [1.82, 2.24) is 9.29 Å². The highest BCUT2D eigenvalue weighted by molar-refractivity contribution is 7.89. The Morgan fingerprint density at radius 2 is 1.85 bits per heavy atom. The van der Waals surface area contributed by atoms with E-state index in [9.17, 15) is 17.2 Å². The van der Waals surface area contributed by atoms with Crippen molar-refractivity contribution in [3.63, 3.8) is 0 Å². The predicted octanol–water partition coefficient (Wildman–Crippen LogP) is 3.81. The fourth-order valence-electron chi connectivity index (χ4n) is 3.05. The topological polar surface area (TPSA) is 59.5 Å². The number of rotatable bonds is 4. The summed E-state index contributed by atoms with van der Waals surface area (Å²) in [6, 6.07) is 10.1. The molecule has 0 radical (unpaired) electrons. The molecule has 1 aliphatic rings. The van der Waals surface area contributed by atoms with Crippen molar-refractivity contribution in [2.75, 3.05) is 13.1 Å². The fourth-order valence-corrected chi connectivity index (χ4v) is 5.48. The third-order valence-electron chi connectivity index (χ3n) is 4.45. The Morgan fingerprint density at radius 3 is 2.59 bits per heavy atom. The molecule has 0 atom stereocenters. The van der Waals surface area contributed by atoms with Gasteiger partial charge in [-0.25, -0.2) is 22.2 Å². The number of ether oxygens (including phenoxy) is 1. The molecule has 2 heterocycles. The molecule has 1 saturated heterocycles. The summed E-state index contributed by atoms with van der Waals surface area (Å²) < 4.78 is 60.6. The van der Waals surface area contributed by atoms with Crippen LogP contribution in [0.15, 0.2) is 47.4 Å². The molecule has 0 bridgehead atoms. The second-order valence-electron chi connectivity index (χ2n) is 6.24. The van der Waals surface area contributed by atoms with Crippen LogP contribution >= 0.6 is 11.3 Å². The first kappa shape index (κ1) is 18.3. The van der Waals surface area contributed by atoms with E-state index in [0.29, 0.717) is 24.1 Å². The first-order valence-electron chi connectivity index (χ1n) is 8.41. The van der Waals surface area contributed by atoms with Crippen LogP contribution in [0.3, 0.4) is 0 Å². The van der Waals surface area contributed by atoms with Crippen molar-refractivity contribution < 1.29 is 21.9 Å². The third kappa shape index (κ3) is 3.67. The van der Waals surface area contributed by atoms with Crippen molar-refractivity contribution in [2.24, 2.45) is 0 Å². The van der Waals surface area contributed by atoms with Crippen molar-refractivity contribution in [1.29, 1.82) is 0 Å². The molecule has 0 aliphatic carbocycles. The maximum atomic E-state index is 13.9. The van der Waals surface area contributed by atoms with E-state index in [1.54, 1.807) is 0 Å². The van der Waals surface area contributed by atoms with Gasteiger partial charge in [0.25, 0.3) is 5.19 Å². The number of benzene rings is 2. The van der Waals surface area contributed by atoms with Gasteiger partial charge in [0.1, 0.15) is 22.6 Å². The smallest absolute Gasteiger partial charge is 0.274 e. The molecule has 1 aliphatic heterocycles. The highest BCUT2D eigenvalue weighted by Crippen LogP contribution is 2.30.